The van der Waals surface area contributed by atoms with E-state index < -0.39 is 24.4 Å². The summed E-state index contributed by atoms with van der Waals surface area (Å²) < 4.78 is 12.1. The lowest BCUT2D eigenvalue weighted by Crippen LogP contribution is -2.53. The molecule has 7 nitrogen and oxygen atoms in total. The average Bonchev–Trinajstić information content (AvgIpc) is 2.45. The van der Waals surface area contributed by atoms with Gasteiger partial charge in [-0.2, -0.15) is 15.6 Å². The maximum Gasteiger partial charge on any atom is 0.346 e. The molecule has 0 radical (unpaired) electrons. The molecule has 0 heterocycles. The summed E-state index contributed by atoms with van der Waals surface area (Å²) in [5, 5.41) is 19.9. The summed E-state index contributed by atoms with van der Waals surface area (Å²) in [7, 11) is -4.66. The molecule has 0 bridgehead atoms. The molecule has 1 fully saturated rings. The molecular weight excluding hydrogens is 317 g/mol. The third-order valence-corrected chi connectivity index (χ3v) is 5.54. The van der Waals surface area contributed by atoms with Crippen LogP contribution in [0.25, 0.3) is 0 Å². The maximum atomic E-state index is 12.1. The van der Waals surface area contributed by atoms with E-state index in [1.165, 1.54) is 18.9 Å². The summed E-state index contributed by atoms with van der Waals surface area (Å²) in [6.07, 6.45) is 4.37. The second kappa shape index (κ2) is 7.30. The van der Waals surface area contributed by atoms with E-state index in [9.17, 15) is 24.9 Å². The van der Waals surface area contributed by atoms with Gasteiger partial charge >= 0.3 is 7.60 Å². The van der Waals surface area contributed by atoms with E-state index in [1.807, 2.05) is 12.1 Å². The Balaban J connectivity index is 3.30. The zero-order valence-corrected chi connectivity index (χ0v) is 15.1. The van der Waals surface area contributed by atoms with Crippen molar-refractivity contribution in [3.05, 3.63) is 0 Å². The van der Waals surface area contributed by atoms with Gasteiger partial charge in [-0.05, 0) is 40.5 Å². The SMILES string of the molecule is CC(C)(C#N)ON(C1CCCCC1)C(C(C)(C)C#N)P(=O)(O)O. The molecule has 1 aliphatic rings. The van der Waals surface area contributed by atoms with Crippen LogP contribution in [0, 0.1) is 28.1 Å². The molecule has 1 atom stereocenters. The Bertz CT molecular complexity index is 538. The standard InChI is InChI=1S/C15H26N3O4P/c1-14(2,10-16)13(23(19,20)21)18(22-15(3,4)11-17)12-8-6-5-7-9-12/h12-13H,5-9H2,1-4H3,(H2,19,20,21). The summed E-state index contributed by atoms with van der Waals surface area (Å²) >= 11 is 0. The molecule has 23 heavy (non-hydrogen) atoms. The van der Waals surface area contributed by atoms with Crippen molar-refractivity contribution < 1.29 is 19.2 Å². The van der Waals surface area contributed by atoms with Crippen molar-refractivity contribution in [3.63, 3.8) is 0 Å². The van der Waals surface area contributed by atoms with E-state index >= 15 is 0 Å². The molecule has 0 aromatic heterocycles. The summed E-state index contributed by atoms with van der Waals surface area (Å²) in [6, 6.07) is 3.74. The van der Waals surface area contributed by atoms with Gasteiger partial charge in [-0.15, -0.1) is 0 Å². The second-order valence-corrected chi connectivity index (χ2v) is 8.83. The minimum atomic E-state index is -4.66. The fraction of sp³-hybridized carbons (Fsp3) is 0.867. The molecule has 1 unspecified atom stereocenters. The van der Waals surface area contributed by atoms with E-state index in [2.05, 4.69) is 0 Å². The number of nitriles is 2. The van der Waals surface area contributed by atoms with Crippen LogP contribution < -0.4 is 0 Å². The molecule has 1 saturated carbocycles. The summed E-state index contributed by atoms with van der Waals surface area (Å²) in [5.74, 6) is -1.42. The fourth-order valence-electron chi connectivity index (χ4n) is 2.89. The predicted octanol–water partition coefficient (Wildman–Crippen LogP) is 2.91. The summed E-state index contributed by atoms with van der Waals surface area (Å²) in [5.41, 5.74) is -2.57. The molecule has 0 aromatic rings. The highest BCUT2D eigenvalue weighted by atomic mass is 31.2. The van der Waals surface area contributed by atoms with Crippen LogP contribution in [0.15, 0.2) is 0 Å². The van der Waals surface area contributed by atoms with Gasteiger partial charge < -0.3 is 9.79 Å². The van der Waals surface area contributed by atoms with Crippen molar-refractivity contribution in [2.24, 2.45) is 5.41 Å². The molecule has 0 amide bonds. The number of hydrogen-bond acceptors (Lipinski definition) is 5. The summed E-state index contributed by atoms with van der Waals surface area (Å²) in [6.45, 7) is 6.04. The highest BCUT2D eigenvalue weighted by Gasteiger charge is 2.50. The van der Waals surface area contributed by atoms with Gasteiger partial charge in [0.15, 0.2) is 11.4 Å². The fourth-order valence-corrected chi connectivity index (χ4v) is 4.32. The maximum absolute atomic E-state index is 12.1. The highest BCUT2D eigenvalue weighted by Crippen LogP contribution is 2.53. The number of nitrogens with zero attached hydrogens (tertiary/aromatic N) is 3. The molecular formula is C15H26N3O4P. The lowest BCUT2D eigenvalue weighted by Gasteiger charge is -2.44. The quantitative estimate of drug-likeness (QED) is 0.562. The minimum absolute atomic E-state index is 0.221. The van der Waals surface area contributed by atoms with Crippen LogP contribution >= 0.6 is 7.60 Å². The van der Waals surface area contributed by atoms with Gasteiger partial charge in [-0.25, -0.2) is 0 Å². The van der Waals surface area contributed by atoms with Gasteiger partial charge in [-0.3, -0.25) is 9.40 Å². The molecule has 0 aromatic carbocycles. The van der Waals surface area contributed by atoms with Crippen molar-refractivity contribution >= 4 is 7.60 Å². The van der Waals surface area contributed by atoms with Crippen molar-refractivity contribution in [3.8, 4) is 12.1 Å². The highest BCUT2D eigenvalue weighted by molar-refractivity contribution is 7.52. The Hall–Kier alpha value is -0.950. The minimum Gasteiger partial charge on any atom is -0.323 e. The third kappa shape index (κ3) is 5.28. The van der Waals surface area contributed by atoms with Crippen molar-refractivity contribution in [1.82, 2.24) is 5.06 Å². The summed E-state index contributed by atoms with van der Waals surface area (Å²) in [4.78, 5) is 25.5. The number of hydroxylamine groups is 2. The molecule has 0 spiro atoms. The van der Waals surface area contributed by atoms with Crippen molar-refractivity contribution in [1.29, 1.82) is 10.5 Å². The van der Waals surface area contributed by atoms with Gasteiger partial charge in [0, 0.05) is 6.04 Å². The first kappa shape index (κ1) is 20.1. The van der Waals surface area contributed by atoms with Gasteiger partial charge in [0.2, 0.25) is 0 Å². The normalized spacial score (nSPS) is 19.2. The second-order valence-electron chi connectivity index (χ2n) is 7.16. The molecule has 0 aliphatic heterocycles. The first-order chi connectivity index (χ1) is 10.4. The van der Waals surface area contributed by atoms with Crippen LogP contribution in [0.5, 0.6) is 0 Å². The van der Waals surface area contributed by atoms with E-state index in [0.29, 0.717) is 0 Å². The molecule has 130 valence electrons. The van der Waals surface area contributed by atoms with Crippen molar-refractivity contribution in [2.75, 3.05) is 0 Å². The van der Waals surface area contributed by atoms with Crippen LogP contribution in [0.2, 0.25) is 0 Å². The van der Waals surface area contributed by atoms with E-state index in [1.54, 1.807) is 13.8 Å². The molecule has 1 rings (SSSR count). The van der Waals surface area contributed by atoms with Gasteiger partial charge in [0.1, 0.15) is 0 Å². The van der Waals surface area contributed by atoms with Crippen LogP contribution in [0.1, 0.15) is 59.8 Å². The topological polar surface area (TPSA) is 118 Å². The molecule has 2 N–H and O–H groups in total. The first-order valence-electron chi connectivity index (χ1n) is 7.80. The van der Waals surface area contributed by atoms with Crippen LogP contribution in [0.3, 0.4) is 0 Å². The first-order valence-corrected chi connectivity index (χ1v) is 9.48. The van der Waals surface area contributed by atoms with Crippen LogP contribution in [0.4, 0.5) is 0 Å². The Morgan fingerprint density at radius 3 is 2.04 bits per heavy atom. The van der Waals surface area contributed by atoms with Gasteiger partial charge in [0.25, 0.3) is 0 Å². The van der Waals surface area contributed by atoms with Gasteiger partial charge in [0.05, 0.1) is 17.6 Å². The lowest BCUT2D eigenvalue weighted by molar-refractivity contribution is -0.261. The average molecular weight is 343 g/mol. The largest absolute Gasteiger partial charge is 0.346 e. The lowest BCUT2D eigenvalue weighted by atomic mass is 9.91. The monoisotopic (exact) mass is 343 g/mol. The predicted molar refractivity (Wildman–Crippen MR) is 84.7 cm³/mol. The zero-order chi connectivity index (χ0) is 17.9. The van der Waals surface area contributed by atoms with Crippen LogP contribution in [-0.4, -0.2) is 32.3 Å². The molecule has 1 aliphatic carbocycles. The van der Waals surface area contributed by atoms with Crippen LogP contribution in [-0.2, 0) is 9.40 Å². The van der Waals surface area contributed by atoms with E-state index in [4.69, 9.17) is 4.84 Å². The smallest absolute Gasteiger partial charge is 0.323 e. The zero-order valence-electron chi connectivity index (χ0n) is 14.2. The molecule has 8 heteroatoms. The van der Waals surface area contributed by atoms with E-state index in [-0.39, 0.29) is 6.04 Å². The van der Waals surface area contributed by atoms with E-state index in [0.717, 1.165) is 32.1 Å². The Kier molecular flexibility index (Phi) is 6.38. The Labute approximate surface area is 138 Å². The number of hydrogen-bond donors (Lipinski definition) is 2. The number of rotatable bonds is 6. The molecule has 0 saturated heterocycles. The van der Waals surface area contributed by atoms with Crippen molar-refractivity contribution in [2.45, 2.75) is 77.2 Å². The Morgan fingerprint density at radius 2 is 1.65 bits per heavy atom. The third-order valence-electron chi connectivity index (χ3n) is 4.03. The van der Waals surface area contributed by atoms with Gasteiger partial charge in [-0.1, -0.05) is 19.3 Å². The Morgan fingerprint density at radius 1 is 1.13 bits per heavy atom.